The third-order valence-electron chi connectivity index (χ3n) is 5.18. The predicted molar refractivity (Wildman–Crippen MR) is 63.1 cm³/mol. The van der Waals surface area contributed by atoms with E-state index in [9.17, 15) is 4.79 Å². The van der Waals surface area contributed by atoms with Gasteiger partial charge in [0.1, 0.15) is 6.33 Å². The van der Waals surface area contributed by atoms with Crippen LogP contribution in [-0.4, -0.2) is 25.8 Å². The van der Waals surface area contributed by atoms with E-state index in [0.717, 1.165) is 11.8 Å². The summed E-state index contributed by atoms with van der Waals surface area (Å²) in [6, 6.07) is 0.401. The van der Waals surface area contributed by atoms with Gasteiger partial charge in [-0.25, -0.2) is 14.5 Å². The molecule has 5 rings (SSSR count). The largest absolute Gasteiger partial charge is 0.475 e. The van der Waals surface area contributed by atoms with Crippen molar-refractivity contribution in [1.82, 2.24) is 14.8 Å². The number of carboxylic acids is 1. The maximum absolute atomic E-state index is 10.9. The van der Waals surface area contributed by atoms with Gasteiger partial charge in [-0.1, -0.05) is 0 Å². The Kier molecular flexibility index (Phi) is 2.08. The van der Waals surface area contributed by atoms with Crippen LogP contribution in [0.4, 0.5) is 0 Å². The van der Waals surface area contributed by atoms with Gasteiger partial charge in [0, 0.05) is 0 Å². The number of rotatable bonds is 2. The van der Waals surface area contributed by atoms with Gasteiger partial charge in [0.05, 0.1) is 6.04 Å². The van der Waals surface area contributed by atoms with Crippen molar-refractivity contribution in [1.29, 1.82) is 0 Å². The van der Waals surface area contributed by atoms with E-state index < -0.39 is 5.97 Å². The standard InChI is InChI=1S/C13H17N3O2/c17-13(18)12-14-6-16(15-12)11-9-2-7-1-8(4-9)5-10(11)3-7/h6-11H,1-5H2,(H,17,18). The molecule has 96 valence electrons. The second kappa shape index (κ2) is 3.56. The number of carboxylic acid groups (broad SMARTS) is 1. The Balaban J connectivity index is 1.66. The molecule has 4 aliphatic carbocycles. The van der Waals surface area contributed by atoms with Gasteiger partial charge in [-0.2, -0.15) is 0 Å². The summed E-state index contributed by atoms with van der Waals surface area (Å²) in [4.78, 5) is 14.8. The van der Waals surface area contributed by atoms with E-state index in [0.29, 0.717) is 17.9 Å². The van der Waals surface area contributed by atoms with Crippen molar-refractivity contribution in [2.45, 2.75) is 38.1 Å². The van der Waals surface area contributed by atoms with Crippen molar-refractivity contribution in [3.8, 4) is 0 Å². The number of carbonyl (C=O) groups is 1. The van der Waals surface area contributed by atoms with Gasteiger partial charge in [-0.05, 0) is 55.8 Å². The van der Waals surface area contributed by atoms with Crippen LogP contribution in [-0.2, 0) is 0 Å². The third kappa shape index (κ3) is 1.42. The van der Waals surface area contributed by atoms with Crippen LogP contribution < -0.4 is 0 Å². The molecule has 0 aliphatic heterocycles. The minimum Gasteiger partial charge on any atom is -0.475 e. The van der Waals surface area contributed by atoms with Gasteiger partial charge in [-0.15, -0.1) is 5.10 Å². The Morgan fingerprint density at radius 3 is 2.28 bits per heavy atom. The maximum atomic E-state index is 10.9. The molecule has 0 spiro atoms. The Labute approximate surface area is 105 Å². The molecule has 1 heterocycles. The lowest BCUT2D eigenvalue weighted by atomic mass is 9.54. The van der Waals surface area contributed by atoms with Gasteiger partial charge in [0.2, 0.25) is 0 Å². The summed E-state index contributed by atoms with van der Waals surface area (Å²) in [5, 5.41) is 13.1. The van der Waals surface area contributed by atoms with Crippen molar-refractivity contribution in [3.63, 3.8) is 0 Å². The molecule has 1 aromatic rings. The van der Waals surface area contributed by atoms with Crippen molar-refractivity contribution < 1.29 is 9.90 Å². The zero-order valence-electron chi connectivity index (χ0n) is 10.2. The fourth-order valence-electron chi connectivity index (χ4n) is 4.84. The van der Waals surface area contributed by atoms with Crippen LogP contribution in [0, 0.1) is 23.7 Å². The highest BCUT2D eigenvalue weighted by Crippen LogP contribution is 2.57. The van der Waals surface area contributed by atoms with E-state index >= 15 is 0 Å². The summed E-state index contributed by atoms with van der Waals surface area (Å²) in [6.07, 6.45) is 8.27. The molecule has 4 saturated carbocycles. The lowest BCUT2D eigenvalue weighted by molar-refractivity contribution is -0.0339. The molecular formula is C13H17N3O2. The van der Waals surface area contributed by atoms with E-state index in [-0.39, 0.29) is 5.82 Å². The van der Waals surface area contributed by atoms with Crippen LogP contribution in [0.3, 0.4) is 0 Å². The minimum atomic E-state index is -1.03. The molecule has 4 aliphatic rings. The molecule has 0 unspecified atom stereocenters. The van der Waals surface area contributed by atoms with Crippen LogP contribution in [0.5, 0.6) is 0 Å². The summed E-state index contributed by atoms with van der Waals surface area (Å²) < 4.78 is 1.84. The van der Waals surface area contributed by atoms with Crippen molar-refractivity contribution in [3.05, 3.63) is 12.2 Å². The monoisotopic (exact) mass is 247 g/mol. The molecule has 18 heavy (non-hydrogen) atoms. The Bertz CT molecular complexity index is 468. The summed E-state index contributed by atoms with van der Waals surface area (Å²) >= 11 is 0. The summed E-state index contributed by atoms with van der Waals surface area (Å²) in [6.45, 7) is 0. The van der Waals surface area contributed by atoms with Crippen LogP contribution in [0.1, 0.15) is 48.8 Å². The fraction of sp³-hybridized carbons (Fsp3) is 0.769. The fourth-order valence-corrected chi connectivity index (χ4v) is 4.84. The summed E-state index contributed by atoms with van der Waals surface area (Å²) in [7, 11) is 0. The SMILES string of the molecule is O=C(O)c1ncn(C2C3CC4CC(C3)CC2C4)n1. The average Bonchev–Trinajstić information content (AvgIpc) is 2.77. The lowest BCUT2D eigenvalue weighted by Gasteiger charge is -2.54. The number of nitrogens with zero attached hydrogens (tertiary/aromatic N) is 3. The number of hydrogen-bond donors (Lipinski definition) is 1. The van der Waals surface area contributed by atoms with E-state index in [1.807, 2.05) is 4.68 Å². The molecule has 1 aromatic heterocycles. The maximum Gasteiger partial charge on any atom is 0.375 e. The van der Waals surface area contributed by atoms with Crippen LogP contribution >= 0.6 is 0 Å². The molecule has 5 nitrogen and oxygen atoms in total. The van der Waals surface area contributed by atoms with Gasteiger partial charge >= 0.3 is 5.97 Å². The topological polar surface area (TPSA) is 68.0 Å². The Morgan fingerprint density at radius 2 is 1.78 bits per heavy atom. The molecule has 0 atom stereocenters. The minimum absolute atomic E-state index is 0.0659. The molecule has 0 aromatic carbocycles. The number of aromatic nitrogens is 3. The van der Waals surface area contributed by atoms with E-state index in [2.05, 4.69) is 10.1 Å². The van der Waals surface area contributed by atoms with Crippen molar-refractivity contribution in [2.24, 2.45) is 23.7 Å². The quantitative estimate of drug-likeness (QED) is 0.867. The second-order valence-electron chi connectivity index (χ2n) is 6.27. The van der Waals surface area contributed by atoms with E-state index in [4.69, 9.17) is 5.11 Å². The van der Waals surface area contributed by atoms with Crippen LogP contribution in [0.2, 0.25) is 0 Å². The Morgan fingerprint density at radius 1 is 1.17 bits per heavy atom. The molecule has 0 amide bonds. The average molecular weight is 247 g/mol. The summed E-state index contributed by atoms with van der Waals surface area (Å²) in [5.74, 6) is 2.15. The first-order valence-corrected chi connectivity index (χ1v) is 6.85. The zero-order chi connectivity index (χ0) is 12.3. The lowest BCUT2D eigenvalue weighted by Crippen LogP contribution is -2.46. The first kappa shape index (κ1) is 10.5. The highest BCUT2D eigenvalue weighted by atomic mass is 16.4. The molecule has 0 saturated heterocycles. The van der Waals surface area contributed by atoms with E-state index in [1.165, 1.54) is 32.1 Å². The molecular weight excluding hydrogens is 230 g/mol. The Hall–Kier alpha value is -1.39. The second-order valence-corrected chi connectivity index (χ2v) is 6.27. The molecule has 4 fully saturated rings. The third-order valence-corrected chi connectivity index (χ3v) is 5.18. The van der Waals surface area contributed by atoms with E-state index in [1.54, 1.807) is 6.33 Å². The van der Waals surface area contributed by atoms with Gasteiger partial charge in [0.15, 0.2) is 0 Å². The highest BCUT2D eigenvalue weighted by molar-refractivity contribution is 5.82. The van der Waals surface area contributed by atoms with Gasteiger partial charge < -0.3 is 5.11 Å². The molecule has 0 radical (unpaired) electrons. The predicted octanol–water partition coefficient (Wildman–Crippen LogP) is 1.97. The number of aromatic carboxylic acids is 1. The van der Waals surface area contributed by atoms with Crippen LogP contribution in [0.15, 0.2) is 6.33 Å². The molecule has 4 bridgehead atoms. The first-order valence-electron chi connectivity index (χ1n) is 6.85. The highest BCUT2D eigenvalue weighted by Gasteiger charge is 2.49. The number of hydrogen-bond acceptors (Lipinski definition) is 3. The smallest absolute Gasteiger partial charge is 0.375 e. The molecule has 1 N–H and O–H groups in total. The van der Waals surface area contributed by atoms with Gasteiger partial charge in [-0.3, -0.25) is 0 Å². The van der Waals surface area contributed by atoms with Crippen molar-refractivity contribution >= 4 is 5.97 Å². The van der Waals surface area contributed by atoms with Gasteiger partial charge in [0.25, 0.3) is 5.82 Å². The first-order chi connectivity index (χ1) is 8.70. The van der Waals surface area contributed by atoms with Crippen molar-refractivity contribution in [2.75, 3.05) is 0 Å². The zero-order valence-corrected chi connectivity index (χ0v) is 10.2. The van der Waals surface area contributed by atoms with Crippen LogP contribution in [0.25, 0.3) is 0 Å². The normalized spacial score (nSPS) is 41.2. The summed E-state index contributed by atoms with van der Waals surface area (Å²) in [5.41, 5.74) is 0. The molecule has 5 heteroatoms.